The van der Waals surface area contributed by atoms with E-state index in [1.165, 1.54) is 0 Å². The Kier molecular flexibility index (Phi) is 7.37. The van der Waals surface area contributed by atoms with Crippen LogP contribution in [-0.2, 0) is 14.4 Å². The van der Waals surface area contributed by atoms with E-state index < -0.39 is 27.4 Å². The number of aliphatic hydroxyl groups is 1. The minimum absolute atomic E-state index is 0.0798. The topological polar surface area (TPSA) is 81.2 Å². The first kappa shape index (κ1) is 28.9. The van der Waals surface area contributed by atoms with Gasteiger partial charge in [0.05, 0.1) is 16.6 Å². The van der Waals surface area contributed by atoms with Crippen molar-refractivity contribution in [1.82, 2.24) is 4.90 Å². The average molecular weight is 608 g/mol. The van der Waals surface area contributed by atoms with E-state index in [0.29, 0.717) is 32.5 Å². The molecule has 0 bridgehead atoms. The number of amides is 3. The number of para-hydroxylation sites is 1. The summed E-state index contributed by atoms with van der Waals surface area (Å²) in [6.07, 6.45) is 10.3. The molecule has 3 aromatic rings. The number of anilines is 2. The summed E-state index contributed by atoms with van der Waals surface area (Å²) >= 11 is 1.61. The van der Waals surface area contributed by atoms with Crippen molar-refractivity contribution >= 4 is 51.6 Å². The Morgan fingerprint density at radius 2 is 1.45 bits per heavy atom. The second kappa shape index (κ2) is 11.2. The lowest BCUT2D eigenvalue weighted by Crippen LogP contribution is -2.53. The van der Waals surface area contributed by atoms with Gasteiger partial charge in [0.2, 0.25) is 11.8 Å². The number of benzene rings is 3. The van der Waals surface area contributed by atoms with Gasteiger partial charge in [-0.1, -0.05) is 72.8 Å². The summed E-state index contributed by atoms with van der Waals surface area (Å²) in [5.41, 5.74) is 1.59. The van der Waals surface area contributed by atoms with Crippen LogP contribution in [0.15, 0.2) is 97.1 Å². The molecule has 226 valence electrons. The van der Waals surface area contributed by atoms with Crippen LogP contribution in [0.25, 0.3) is 10.8 Å². The van der Waals surface area contributed by atoms with Gasteiger partial charge in [-0.15, -0.1) is 11.8 Å². The van der Waals surface area contributed by atoms with Crippen molar-refractivity contribution in [3.05, 3.63) is 97.1 Å². The second-order valence-electron chi connectivity index (χ2n) is 12.4. The highest BCUT2D eigenvalue weighted by Gasteiger charge is 2.73. The molecule has 0 saturated carbocycles. The zero-order chi connectivity index (χ0) is 30.5. The summed E-state index contributed by atoms with van der Waals surface area (Å²) in [6.45, 7) is 3.37. The lowest BCUT2D eigenvalue weighted by Gasteiger charge is -2.37. The smallest absolute Gasteiger partial charge is 0.251 e. The Balaban J connectivity index is 1.31. The number of hydrogen-bond acceptors (Lipinski definition) is 5. The molecule has 44 heavy (non-hydrogen) atoms. The third-order valence-electron chi connectivity index (χ3n) is 9.73. The van der Waals surface area contributed by atoms with Crippen LogP contribution in [0.3, 0.4) is 0 Å². The van der Waals surface area contributed by atoms with Crippen LogP contribution in [-0.4, -0.2) is 69.5 Å². The fourth-order valence-corrected chi connectivity index (χ4v) is 9.91. The third kappa shape index (κ3) is 4.49. The maximum Gasteiger partial charge on any atom is 0.251 e. The fourth-order valence-electron chi connectivity index (χ4n) is 7.75. The molecule has 5 atom stereocenters. The number of carbonyl (C=O) groups excluding carboxylic acids is 3. The van der Waals surface area contributed by atoms with Crippen molar-refractivity contribution in [3.63, 3.8) is 0 Å². The summed E-state index contributed by atoms with van der Waals surface area (Å²) in [5, 5.41) is 11.5. The molecular weight excluding hydrogens is 570 g/mol. The molecule has 2 fully saturated rings. The largest absolute Gasteiger partial charge is 0.396 e. The molecule has 4 aliphatic rings. The quantitative estimate of drug-likeness (QED) is 0.295. The molecule has 0 radical (unpaired) electrons. The van der Waals surface area contributed by atoms with Gasteiger partial charge in [-0.3, -0.25) is 14.4 Å². The maximum atomic E-state index is 14.8. The average Bonchev–Trinajstić information content (AvgIpc) is 3.30. The van der Waals surface area contributed by atoms with E-state index in [1.807, 2.05) is 78.9 Å². The number of rotatable bonds is 7. The van der Waals surface area contributed by atoms with Crippen LogP contribution in [0.1, 0.15) is 26.2 Å². The standard InChI is InChI=1S/C36H37N3O4S/c1-35-18-10-21-37(27-14-4-2-5-15-27)32(41)29(35)30-33(42)39(20-8-3-9-23-40)31-34(43)38(22-11-19-36(30,31)44-35)28-17-16-25-12-6-7-13-26(25)24-28/h2,4-7,10-19,24,29-31,40H,3,8-9,20-23H2,1H3/t29-,30+,31?,35+,36+/m1/s1. The van der Waals surface area contributed by atoms with Crippen molar-refractivity contribution in [3.8, 4) is 0 Å². The van der Waals surface area contributed by atoms with Gasteiger partial charge < -0.3 is 19.8 Å². The first-order chi connectivity index (χ1) is 21.4. The Morgan fingerprint density at radius 3 is 2.23 bits per heavy atom. The second-order valence-corrected chi connectivity index (χ2v) is 14.2. The number of nitrogens with zero attached hydrogens (tertiary/aromatic N) is 3. The summed E-state index contributed by atoms with van der Waals surface area (Å²) in [4.78, 5) is 49.3. The third-order valence-corrected chi connectivity index (χ3v) is 11.5. The molecule has 8 heteroatoms. The fraction of sp³-hybridized carbons (Fsp3) is 0.361. The predicted octanol–water partition coefficient (Wildman–Crippen LogP) is 5.20. The molecule has 3 amide bonds. The Bertz CT molecular complexity index is 1670. The van der Waals surface area contributed by atoms with Crippen LogP contribution in [0.4, 0.5) is 11.4 Å². The van der Waals surface area contributed by atoms with Crippen molar-refractivity contribution in [2.75, 3.05) is 36.0 Å². The summed E-state index contributed by atoms with van der Waals surface area (Å²) in [6, 6.07) is 23.0. The maximum absolute atomic E-state index is 14.8. The van der Waals surface area contributed by atoms with Gasteiger partial charge in [0, 0.05) is 42.4 Å². The van der Waals surface area contributed by atoms with Gasteiger partial charge in [0.1, 0.15) is 6.04 Å². The monoisotopic (exact) mass is 607 g/mol. The first-order valence-corrected chi connectivity index (χ1v) is 16.3. The summed E-state index contributed by atoms with van der Waals surface area (Å²) in [7, 11) is 0. The number of likely N-dealkylation sites (tertiary alicyclic amines) is 1. The van der Waals surface area contributed by atoms with Crippen LogP contribution in [0.2, 0.25) is 0 Å². The number of unbranched alkanes of at least 4 members (excludes halogenated alkanes) is 2. The van der Waals surface area contributed by atoms with E-state index in [2.05, 4.69) is 25.1 Å². The normalized spacial score (nSPS) is 29.5. The van der Waals surface area contributed by atoms with E-state index in [9.17, 15) is 19.5 Å². The lowest BCUT2D eigenvalue weighted by molar-refractivity contribution is -0.139. The molecule has 2 saturated heterocycles. The minimum atomic E-state index is -0.893. The van der Waals surface area contributed by atoms with Crippen LogP contribution < -0.4 is 9.80 Å². The highest BCUT2D eigenvalue weighted by atomic mass is 32.2. The van der Waals surface area contributed by atoms with Crippen LogP contribution in [0.5, 0.6) is 0 Å². The van der Waals surface area contributed by atoms with E-state index in [-0.39, 0.29) is 24.3 Å². The van der Waals surface area contributed by atoms with Gasteiger partial charge in [-0.2, -0.15) is 0 Å². The molecule has 7 rings (SSSR count). The van der Waals surface area contributed by atoms with Gasteiger partial charge in [0.25, 0.3) is 5.91 Å². The van der Waals surface area contributed by atoms with Crippen molar-refractivity contribution in [2.45, 2.75) is 41.7 Å². The summed E-state index contributed by atoms with van der Waals surface area (Å²) < 4.78 is -1.55. The number of carbonyl (C=O) groups is 3. The van der Waals surface area contributed by atoms with E-state index >= 15 is 0 Å². The summed E-state index contributed by atoms with van der Waals surface area (Å²) in [5.74, 6) is -1.64. The van der Waals surface area contributed by atoms with E-state index in [1.54, 1.807) is 26.5 Å². The van der Waals surface area contributed by atoms with E-state index in [0.717, 1.165) is 28.6 Å². The Labute approximate surface area is 262 Å². The van der Waals surface area contributed by atoms with Gasteiger partial charge in [-0.25, -0.2) is 0 Å². The first-order valence-electron chi connectivity index (χ1n) is 15.5. The van der Waals surface area contributed by atoms with Gasteiger partial charge in [0.15, 0.2) is 0 Å². The number of aliphatic hydroxyl groups excluding tert-OH is 1. The molecule has 4 heterocycles. The van der Waals surface area contributed by atoms with Crippen LogP contribution >= 0.6 is 11.8 Å². The molecule has 0 aromatic heterocycles. The van der Waals surface area contributed by atoms with Crippen molar-refractivity contribution < 1.29 is 19.5 Å². The highest BCUT2D eigenvalue weighted by Crippen LogP contribution is 2.65. The number of hydrogen-bond donors (Lipinski definition) is 1. The molecule has 4 aliphatic heterocycles. The molecule has 7 nitrogen and oxygen atoms in total. The zero-order valence-corrected chi connectivity index (χ0v) is 25.7. The van der Waals surface area contributed by atoms with Crippen LogP contribution in [0, 0.1) is 11.8 Å². The van der Waals surface area contributed by atoms with E-state index in [4.69, 9.17) is 0 Å². The Morgan fingerprint density at radius 1 is 0.750 bits per heavy atom. The van der Waals surface area contributed by atoms with Crippen molar-refractivity contribution in [2.24, 2.45) is 11.8 Å². The Hall–Kier alpha value is -3.88. The molecule has 1 unspecified atom stereocenters. The molecule has 1 spiro atoms. The zero-order valence-electron chi connectivity index (χ0n) is 24.8. The molecule has 0 aliphatic carbocycles. The molecular formula is C36H37N3O4S. The highest BCUT2D eigenvalue weighted by molar-refractivity contribution is 8.02. The SMILES string of the molecule is C[C@]12C=CCN(c3ccccc3)C(=O)[C@H]1[C@H]1C(=O)N(CCCCCO)C3C(=O)N(c4ccc5ccccc5c4)CC=C[C@@]31S2. The van der Waals surface area contributed by atoms with Gasteiger partial charge >= 0.3 is 0 Å². The minimum Gasteiger partial charge on any atom is -0.396 e. The van der Waals surface area contributed by atoms with Crippen molar-refractivity contribution in [1.29, 1.82) is 0 Å². The van der Waals surface area contributed by atoms with Gasteiger partial charge in [-0.05, 0) is 61.2 Å². The number of fused-ring (bicyclic) bond motifs is 3. The lowest BCUT2D eigenvalue weighted by atomic mass is 9.74. The number of thioether (sulfide) groups is 1. The molecule has 3 aromatic carbocycles. The predicted molar refractivity (Wildman–Crippen MR) is 176 cm³/mol. The molecule has 1 N–H and O–H groups in total.